The first-order chi connectivity index (χ1) is 15.0. The van der Waals surface area contributed by atoms with Crippen LogP contribution in [0.1, 0.15) is 35.2 Å². The molecule has 2 N–H and O–H groups in total. The maximum absolute atomic E-state index is 12.5. The van der Waals surface area contributed by atoms with E-state index in [0.717, 1.165) is 42.3 Å². The summed E-state index contributed by atoms with van der Waals surface area (Å²) < 4.78 is 0. The van der Waals surface area contributed by atoms with Gasteiger partial charge in [0.15, 0.2) is 5.17 Å². The number of aryl methyl sites for hydroxylation is 1. The topological polar surface area (TPSA) is 90.9 Å². The van der Waals surface area contributed by atoms with Crippen LogP contribution in [0.3, 0.4) is 0 Å². The van der Waals surface area contributed by atoms with E-state index in [1.54, 1.807) is 24.3 Å². The molecule has 2 aromatic rings. The number of benzene rings is 2. The molecular weight excluding hydrogens is 412 g/mol. The highest BCUT2D eigenvalue weighted by atomic mass is 32.2. The smallest absolute Gasteiger partial charge is 0.262 e. The molecule has 0 spiro atoms. The fourth-order valence-corrected chi connectivity index (χ4v) is 4.66. The summed E-state index contributed by atoms with van der Waals surface area (Å²) in [6.07, 6.45) is 2.29. The zero-order valence-corrected chi connectivity index (χ0v) is 18.1. The van der Waals surface area contributed by atoms with Crippen molar-refractivity contribution >= 4 is 46.0 Å². The van der Waals surface area contributed by atoms with Crippen molar-refractivity contribution in [2.45, 2.75) is 31.4 Å². The van der Waals surface area contributed by atoms with E-state index in [1.807, 2.05) is 31.2 Å². The standard InChI is InChI=1S/C23H24N4O3S/c1-15-6-2-3-7-18(15)25-21(29)16-8-10-17(11-9-16)24-20(28)14-19-22(30)26-23(31-19)27-12-4-5-13-27/h2-3,6-11,19H,4-5,12-14H2,1H3,(H,24,28)(H,25,29)/t19-/m0/s1. The Morgan fingerprint density at radius 3 is 2.48 bits per heavy atom. The van der Waals surface area contributed by atoms with Gasteiger partial charge in [0.1, 0.15) is 5.25 Å². The number of nitrogens with zero attached hydrogens (tertiary/aromatic N) is 2. The highest BCUT2D eigenvalue weighted by Crippen LogP contribution is 2.29. The minimum absolute atomic E-state index is 0.0693. The Bertz CT molecular complexity index is 1030. The lowest BCUT2D eigenvalue weighted by Gasteiger charge is -2.16. The minimum atomic E-state index is -0.477. The molecule has 160 valence electrons. The highest BCUT2D eigenvalue weighted by molar-refractivity contribution is 8.15. The van der Waals surface area contributed by atoms with Crippen molar-refractivity contribution in [3.63, 3.8) is 0 Å². The van der Waals surface area contributed by atoms with Crippen LogP contribution in [0.15, 0.2) is 53.5 Å². The van der Waals surface area contributed by atoms with Gasteiger partial charge in [-0.05, 0) is 55.7 Å². The second kappa shape index (κ2) is 9.34. The summed E-state index contributed by atoms with van der Waals surface area (Å²) in [4.78, 5) is 43.3. The number of amidine groups is 1. The van der Waals surface area contributed by atoms with Gasteiger partial charge in [-0.1, -0.05) is 30.0 Å². The molecule has 0 saturated carbocycles. The van der Waals surface area contributed by atoms with Crippen LogP contribution in [0.4, 0.5) is 11.4 Å². The predicted molar refractivity (Wildman–Crippen MR) is 123 cm³/mol. The number of rotatable bonds is 5. The van der Waals surface area contributed by atoms with Crippen molar-refractivity contribution in [3.05, 3.63) is 59.7 Å². The molecule has 2 aliphatic rings. The van der Waals surface area contributed by atoms with Crippen LogP contribution in [-0.4, -0.2) is 46.1 Å². The summed E-state index contributed by atoms with van der Waals surface area (Å²) in [5, 5.41) is 5.94. The van der Waals surface area contributed by atoms with Crippen molar-refractivity contribution in [1.29, 1.82) is 0 Å². The Labute approximate surface area is 185 Å². The van der Waals surface area contributed by atoms with E-state index in [2.05, 4.69) is 20.5 Å². The van der Waals surface area contributed by atoms with Gasteiger partial charge in [0.2, 0.25) is 5.91 Å². The van der Waals surface area contributed by atoms with E-state index < -0.39 is 5.25 Å². The number of anilines is 2. The summed E-state index contributed by atoms with van der Waals surface area (Å²) >= 11 is 1.38. The number of hydrogen-bond acceptors (Lipinski definition) is 5. The summed E-state index contributed by atoms with van der Waals surface area (Å²) in [7, 11) is 0. The lowest BCUT2D eigenvalue weighted by molar-refractivity contribution is -0.121. The molecule has 1 atom stereocenters. The Balaban J connectivity index is 1.30. The molecule has 2 aromatic carbocycles. The van der Waals surface area contributed by atoms with Gasteiger partial charge in [0.05, 0.1) is 0 Å². The molecule has 7 nitrogen and oxygen atoms in total. The molecule has 0 bridgehead atoms. The summed E-state index contributed by atoms with van der Waals surface area (Å²) in [6, 6.07) is 14.2. The largest absolute Gasteiger partial charge is 0.351 e. The quantitative estimate of drug-likeness (QED) is 0.746. The van der Waals surface area contributed by atoms with Crippen LogP contribution in [0, 0.1) is 6.92 Å². The monoisotopic (exact) mass is 436 g/mol. The van der Waals surface area contributed by atoms with Crippen molar-refractivity contribution in [3.8, 4) is 0 Å². The van der Waals surface area contributed by atoms with Crippen LogP contribution in [0.2, 0.25) is 0 Å². The number of carbonyl (C=O) groups is 3. The van der Waals surface area contributed by atoms with E-state index in [9.17, 15) is 14.4 Å². The number of likely N-dealkylation sites (tertiary alicyclic amines) is 1. The molecular formula is C23H24N4O3S. The molecule has 0 aromatic heterocycles. The average Bonchev–Trinajstić information content (AvgIpc) is 3.40. The molecule has 3 amide bonds. The van der Waals surface area contributed by atoms with E-state index in [4.69, 9.17) is 0 Å². The van der Waals surface area contributed by atoms with Gasteiger partial charge in [-0.15, -0.1) is 0 Å². The zero-order chi connectivity index (χ0) is 21.8. The van der Waals surface area contributed by atoms with Gasteiger partial charge in [-0.25, -0.2) is 0 Å². The summed E-state index contributed by atoms with van der Waals surface area (Å²) in [5.74, 6) is -0.710. The normalized spacial score (nSPS) is 18.1. The van der Waals surface area contributed by atoms with Crippen LogP contribution in [0.25, 0.3) is 0 Å². The van der Waals surface area contributed by atoms with E-state index in [-0.39, 0.29) is 24.1 Å². The lowest BCUT2D eigenvalue weighted by atomic mass is 10.1. The van der Waals surface area contributed by atoms with Gasteiger partial charge in [-0.3, -0.25) is 14.4 Å². The van der Waals surface area contributed by atoms with E-state index in [0.29, 0.717) is 11.3 Å². The maximum Gasteiger partial charge on any atom is 0.262 e. The molecule has 0 aliphatic carbocycles. The first kappa shape index (κ1) is 21.1. The Hall–Kier alpha value is -3.13. The molecule has 1 fully saturated rings. The molecule has 31 heavy (non-hydrogen) atoms. The van der Waals surface area contributed by atoms with Gasteiger partial charge >= 0.3 is 0 Å². The fraction of sp³-hybridized carbons (Fsp3) is 0.304. The highest BCUT2D eigenvalue weighted by Gasteiger charge is 2.33. The fourth-order valence-electron chi connectivity index (χ4n) is 3.55. The van der Waals surface area contributed by atoms with Crippen molar-refractivity contribution in [2.24, 2.45) is 4.99 Å². The molecule has 2 aliphatic heterocycles. The van der Waals surface area contributed by atoms with E-state index >= 15 is 0 Å². The first-order valence-electron chi connectivity index (χ1n) is 10.3. The van der Waals surface area contributed by atoms with Crippen LogP contribution >= 0.6 is 11.8 Å². The van der Waals surface area contributed by atoms with Crippen LogP contribution in [-0.2, 0) is 9.59 Å². The first-order valence-corrected chi connectivity index (χ1v) is 11.2. The third kappa shape index (κ3) is 5.14. The van der Waals surface area contributed by atoms with E-state index in [1.165, 1.54) is 11.8 Å². The molecule has 0 unspecified atom stereocenters. The van der Waals surface area contributed by atoms with Gasteiger partial charge in [0, 0.05) is 36.4 Å². The van der Waals surface area contributed by atoms with Crippen molar-refractivity contribution in [1.82, 2.24) is 4.90 Å². The van der Waals surface area contributed by atoms with Gasteiger partial charge in [-0.2, -0.15) is 4.99 Å². The number of thioether (sulfide) groups is 1. The number of carbonyl (C=O) groups excluding carboxylic acids is 3. The number of nitrogens with one attached hydrogen (secondary N) is 2. The van der Waals surface area contributed by atoms with Crippen molar-refractivity contribution in [2.75, 3.05) is 23.7 Å². The summed E-state index contributed by atoms with van der Waals surface area (Å²) in [6.45, 7) is 3.77. The van der Waals surface area contributed by atoms with Gasteiger partial charge < -0.3 is 15.5 Å². The number of aliphatic imine (C=N–C) groups is 1. The molecule has 2 heterocycles. The van der Waals surface area contributed by atoms with Crippen LogP contribution < -0.4 is 10.6 Å². The minimum Gasteiger partial charge on any atom is -0.351 e. The van der Waals surface area contributed by atoms with Crippen molar-refractivity contribution < 1.29 is 14.4 Å². The molecule has 4 rings (SSSR count). The van der Waals surface area contributed by atoms with Gasteiger partial charge in [0.25, 0.3) is 11.8 Å². The molecule has 1 saturated heterocycles. The second-order valence-corrected chi connectivity index (χ2v) is 8.80. The van der Waals surface area contributed by atoms with Crippen LogP contribution in [0.5, 0.6) is 0 Å². The molecule has 8 heteroatoms. The number of para-hydroxylation sites is 1. The Kier molecular flexibility index (Phi) is 6.36. The third-order valence-corrected chi connectivity index (χ3v) is 6.51. The predicted octanol–water partition coefficient (Wildman–Crippen LogP) is 3.67. The summed E-state index contributed by atoms with van der Waals surface area (Å²) in [5.41, 5.74) is 2.81. The lowest BCUT2D eigenvalue weighted by Crippen LogP contribution is -2.25. The number of amides is 3. The average molecular weight is 437 g/mol. The Morgan fingerprint density at radius 1 is 1.06 bits per heavy atom. The maximum atomic E-state index is 12.5. The Morgan fingerprint density at radius 2 is 1.77 bits per heavy atom. The number of hydrogen-bond donors (Lipinski definition) is 2. The SMILES string of the molecule is Cc1ccccc1NC(=O)c1ccc(NC(=O)C[C@@H]2SC(N3CCCC3)=NC2=O)cc1. The third-order valence-electron chi connectivity index (χ3n) is 5.30. The molecule has 0 radical (unpaired) electrons. The zero-order valence-electron chi connectivity index (χ0n) is 17.3. The second-order valence-electron chi connectivity index (χ2n) is 7.63.